The molecule has 6 rings (SSSR count). The molecule has 0 bridgehead atoms. The largest absolute Gasteiger partial charge is 0.508 e. The number of carboxylic acids is 1. The minimum Gasteiger partial charge on any atom is -0.508 e. The van der Waals surface area contributed by atoms with Crippen molar-refractivity contribution in [3.05, 3.63) is 107 Å². The average molecular weight is 880 g/mol. The minimum absolute atomic E-state index is 0.0289. The summed E-state index contributed by atoms with van der Waals surface area (Å²) in [4.78, 5) is 16.1. The Labute approximate surface area is 381 Å². The topological polar surface area (TPSA) is 192 Å². The van der Waals surface area contributed by atoms with Gasteiger partial charge in [-0.2, -0.15) is 0 Å². The highest BCUT2D eigenvalue weighted by molar-refractivity contribution is 5.71. The van der Waals surface area contributed by atoms with E-state index in [0.29, 0.717) is 61.9 Å². The van der Waals surface area contributed by atoms with E-state index in [-0.39, 0.29) is 48.2 Å². The summed E-state index contributed by atoms with van der Waals surface area (Å²) in [5.41, 5.74) is 11.6. The Morgan fingerprint density at radius 3 is 2.45 bits per heavy atom. The fourth-order valence-corrected chi connectivity index (χ4v) is 11.0. The van der Waals surface area contributed by atoms with Crippen LogP contribution in [0.25, 0.3) is 11.3 Å². The number of aliphatic hydroxyl groups excluding tert-OH is 2. The Hall–Kier alpha value is -4.51. The number of carboxylic acid groups (broad SMARTS) is 1. The number of benzene rings is 2. The van der Waals surface area contributed by atoms with Crippen molar-refractivity contribution < 1.29 is 35.4 Å². The van der Waals surface area contributed by atoms with Crippen LogP contribution in [0.2, 0.25) is 0 Å². The second kappa shape index (κ2) is 23.1. The number of hydrogen-bond acceptors (Lipinski definition) is 8. The predicted molar refractivity (Wildman–Crippen MR) is 256 cm³/mol. The summed E-state index contributed by atoms with van der Waals surface area (Å²) >= 11 is 0. The Morgan fingerprint density at radius 1 is 0.938 bits per heavy atom. The Bertz CT molecular complexity index is 2070. The molecule has 2 aromatic carbocycles. The SMILES string of the molecule is CCCCC[C@H]1C=C[C@H](CCCCC[C@H](C(=O)O)[C@H](O)CC[C@]2(O)C[C@@H](CC3=CCNC(N)=C3)C[C@H]2Cc2ccc(-c3cc(O)cc(O)c3Cc3ccccc3CC(C)C)[nH]2)[C@H](O)C1. The number of H-pyrrole nitrogens is 1. The highest BCUT2D eigenvalue weighted by atomic mass is 16.4. The molecule has 0 spiro atoms. The fraction of sp³-hybridized carbons (Fsp3) is 0.574. The van der Waals surface area contributed by atoms with Crippen LogP contribution in [-0.4, -0.2) is 65.9 Å². The average Bonchev–Trinajstić information content (AvgIpc) is 3.83. The van der Waals surface area contributed by atoms with Crippen LogP contribution in [0, 0.1) is 35.5 Å². The molecule has 10 heteroatoms. The molecule has 1 saturated carbocycles. The zero-order valence-electron chi connectivity index (χ0n) is 38.7. The van der Waals surface area contributed by atoms with Gasteiger partial charge in [-0.1, -0.05) is 102 Å². The summed E-state index contributed by atoms with van der Waals surface area (Å²) in [5, 5.41) is 70.0. The molecular formula is C54H77N3O7. The first-order valence-electron chi connectivity index (χ1n) is 24.4. The number of unbranched alkanes of at least 4 members (excludes halogenated alkanes) is 4. The van der Waals surface area contributed by atoms with E-state index in [2.05, 4.69) is 61.4 Å². The lowest BCUT2D eigenvalue weighted by Gasteiger charge is -2.32. The van der Waals surface area contributed by atoms with Gasteiger partial charge in [0.15, 0.2) is 0 Å². The van der Waals surface area contributed by atoms with E-state index in [1.807, 2.05) is 30.3 Å². The molecule has 2 aliphatic carbocycles. The lowest BCUT2D eigenvalue weighted by molar-refractivity contribution is -0.146. The minimum atomic E-state index is -1.14. The molecule has 10 nitrogen and oxygen atoms in total. The molecule has 8 atom stereocenters. The highest BCUT2D eigenvalue weighted by Gasteiger charge is 2.46. The number of aliphatic hydroxyl groups is 3. The number of rotatable bonds is 24. The number of aliphatic carboxylic acids is 1. The van der Waals surface area contributed by atoms with E-state index < -0.39 is 23.6 Å². The summed E-state index contributed by atoms with van der Waals surface area (Å²) < 4.78 is 0. The lowest BCUT2D eigenvalue weighted by Crippen LogP contribution is -2.37. The number of aromatic nitrogens is 1. The van der Waals surface area contributed by atoms with E-state index in [4.69, 9.17) is 5.73 Å². The molecule has 3 aromatic rings. The van der Waals surface area contributed by atoms with Crippen LogP contribution >= 0.6 is 0 Å². The normalized spacial score (nSPS) is 24.3. The first kappa shape index (κ1) is 48.9. The van der Waals surface area contributed by atoms with Gasteiger partial charge in [0.25, 0.3) is 0 Å². The molecule has 0 saturated heterocycles. The van der Waals surface area contributed by atoms with E-state index in [9.17, 15) is 35.4 Å². The van der Waals surface area contributed by atoms with Gasteiger partial charge in [0, 0.05) is 47.5 Å². The quantitative estimate of drug-likeness (QED) is 0.0311. The maximum absolute atomic E-state index is 12.6. The van der Waals surface area contributed by atoms with Gasteiger partial charge >= 0.3 is 5.97 Å². The van der Waals surface area contributed by atoms with Crippen LogP contribution < -0.4 is 11.1 Å². The number of nitrogens with one attached hydrogen (secondary N) is 2. The molecule has 0 unspecified atom stereocenters. The molecule has 1 aliphatic heterocycles. The maximum Gasteiger partial charge on any atom is 0.309 e. The van der Waals surface area contributed by atoms with Crippen molar-refractivity contribution in [2.24, 2.45) is 41.2 Å². The zero-order chi connectivity index (χ0) is 45.8. The molecule has 3 aliphatic rings. The predicted octanol–water partition coefficient (Wildman–Crippen LogP) is 9.83. The van der Waals surface area contributed by atoms with Gasteiger partial charge in [-0.3, -0.25) is 4.79 Å². The van der Waals surface area contributed by atoms with Gasteiger partial charge in [0.1, 0.15) is 11.5 Å². The summed E-state index contributed by atoms with van der Waals surface area (Å²) in [6, 6.07) is 15.3. The van der Waals surface area contributed by atoms with Crippen LogP contribution in [0.15, 0.2) is 84.2 Å². The third-order valence-electron chi connectivity index (χ3n) is 14.4. The highest BCUT2D eigenvalue weighted by Crippen LogP contribution is 2.47. The second-order valence-corrected chi connectivity index (χ2v) is 20.0. The van der Waals surface area contributed by atoms with Crippen LogP contribution in [0.1, 0.15) is 139 Å². The summed E-state index contributed by atoms with van der Waals surface area (Å²) in [6.07, 6.45) is 20.8. The molecule has 64 heavy (non-hydrogen) atoms. The number of allylic oxidation sites excluding steroid dienone is 3. The first-order valence-corrected chi connectivity index (χ1v) is 24.4. The maximum atomic E-state index is 12.6. The molecule has 10 N–H and O–H groups in total. The van der Waals surface area contributed by atoms with Crippen molar-refractivity contribution >= 4 is 5.97 Å². The number of carbonyl (C=O) groups is 1. The Morgan fingerprint density at radius 2 is 1.72 bits per heavy atom. The van der Waals surface area contributed by atoms with Gasteiger partial charge < -0.3 is 46.7 Å². The third kappa shape index (κ3) is 13.5. The van der Waals surface area contributed by atoms with Crippen LogP contribution in [0.4, 0.5) is 0 Å². The summed E-state index contributed by atoms with van der Waals surface area (Å²) in [6.45, 7) is 7.24. The second-order valence-electron chi connectivity index (χ2n) is 20.0. The van der Waals surface area contributed by atoms with Crippen molar-refractivity contribution in [3.63, 3.8) is 0 Å². The van der Waals surface area contributed by atoms with Gasteiger partial charge in [-0.25, -0.2) is 0 Å². The standard InChI is InChI=1S/C54H77N3O7/c1-4-5-7-12-36-17-18-39(50(60)28-36)13-8-6-9-16-45(53(62)63)49(59)21-23-54(64)34-38(26-37-22-24-56-52(55)29-37)27-42(54)31-43-19-20-48(57-43)46-32-44(58)33-51(61)47(46)30-41-15-11-10-14-40(41)25-35(2)3/h10-11,14-15,17-20,22,29,32-33,35-36,38-39,42,45,49-50,56-61,64H,4-9,12-13,16,21,23-28,30-31,34,55H2,1-3H3,(H,62,63)/t36-,38-,39-,42-,45-,49+,50+,54-/m0/s1. The van der Waals surface area contributed by atoms with Crippen molar-refractivity contribution in [1.29, 1.82) is 0 Å². The van der Waals surface area contributed by atoms with Gasteiger partial charge in [-0.15, -0.1) is 0 Å². The number of hydrogen-bond donors (Lipinski definition) is 9. The zero-order valence-corrected chi connectivity index (χ0v) is 38.7. The molecular weight excluding hydrogens is 803 g/mol. The van der Waals surface area contributed by atoms with E-state index in [1.54, 1.807) is 6.07 Å². The van der Waals surface area contributed by atoms with E-state index >= 15 is 0 Å². The van der Waals surface area contributed by atoms with Gasteiger partial charge in [0.2, 0.25) is 0 Å². The van der Waals surface area contributed by atoms with E-state index in [1.165, 1.54) is 30.9 Å². The van der Waals surface area contributed by atoms with Crippen molar-refractivity contribution in [3.8, 4) is 22.8 Å². The fourth-order valence-electron chi connectivity index (χ4n) is 11.0. The Kier molecular flexibility index (Phi) is 17.7. The molecule has 1 aromatic heterocycles. The van der Waals surface area contributed by atoms with Crippen molar-refractivity contribution in [2.75, 3.05) is 6.54 Å². The van der Waals surface area contributed by atoms with E-state index in [0.717, 1.165) is 79.5 Å². The molecule has 2 heterocycles. The number of aromatic hydroxyl groups is 2. The molecule has 350 valence electrons. The van der Waals surface area contributed by atoms with Crippen LogP contribution in [0.3, 0.4) is 0 Å². The van der Waals surface area contributed by atoms with Crippen molar-refractivity contribution in [1.82, 2.24) is 10.3 Å². The third-order valence-corrected chi connectivity index (χ3v) is 14.4. The summed E-state index contributed by atoms with van der Waals surface area (Å²) in [7, 11) is 0. The number of phenolic OH excluding ortho intramolecular Hbond substituents is 2. The summed E-state index contributed by atoms with van der Waals surface area (Å²) in [5.74, 6) is -0.248. The monoisotopic (exact) mass is 880 g/mol. The van der Waals surface area contributed by atoms with Crippen LogP contribution in [-0.2, 0) is 24.1 Å². The Balaban J connectivity index is 1.11. The molecule has 0 radical (unpaired) electrons. The smallest absolute Gasteiger partial charge is 0.309 e. The number of nitrogens with two attached hydrogens (primary N) is 1. The number of aromatic amines is 1. The van der Waals surface area contributed by atoms with Crippen LogP contribution in [0.5, 0.6) is 11.5 Å². The van der Waals surface area contributed by atoms with Gasteiger partial charge in [0.05, 0.1) is 29.5 Å². The first-order chi connectivity index (χ1) is 30.7. The molecule has 0 amide bonds. The number of dihydropyridines is 1. The lowest BCUT2D eigenvalue weighted by atomic mass is 9.80. The van der Waals surface area contributed by atoms with Crippen molar-refractivity contribution in [2.45, 2.75) is 154 Å². The molecule has 1 fully saturated rings. The van der Waals surface area contributed by atoms with Gasteiger partial charge in [-0.05, 0) is 135 Å². The number of phenols is 2.